The fraction of sp³-hybridized carbons (Fsp3) is 0.316. The van der Waals surface area contributed by atoms with Crippen LogP contribution in [0.3, 0.4) is 0 Å². The van der Waals surface area contributed by atoms with E-state index in [-0.39, 0.29) is 11.8 Å². The van der Waals surface area contributed by atoms with Gasteiger partial charge in [0, 0.05) is 12.7 Å². The van der Waals surface area contributed by atoms with Gasteiger partial charge in [0.25, 0.3) is 0 Å². The van der Waals surface area contributed by atoms with Crippen LogP contribution < -0.4 is 5.32 Å². The van der Waals surface area contributed by atoms with Gasteiger partial charge in [-0.05, 0) is 42.6 Å². The average Bonchev–Trinajstić information content (AvgIpc) is 3.09. The van der Waals surface area contributed by atoms with Crippen molar-refractivity contribution in [2.75, 3.05) is 19.6 Å². The molecular formula is C19H21N3O3. The lowest BCUT2D eigenvalue weighted by atomic mass is 9.93. The minimum atomic E-state index is -0.901. The molecule has 1 amide bonds. The summed E-state index contributed by atoms with van der Waals surface area (Å²) in [6.07, 6.45) is 2.56. The number of aromatic nitrogens is 1. The molecule has 3 rings (SSSR count). The van der Waals surface area contributed by atoms with Gasteiger partial charge in [-0.25, -0.2) is 4.79 Å². The fourth-order valence-electron chi connectivity index (χ4n) is 3.23. The van der Waals surface area contributed by atoms with Crippen molar-refractivity contribution >= 4 is 11.9 Å². The van der Waals surface area contributed by atoms with Crippen LogP contribution in [0.25, 0.3) is 0 Å². The van der Waals surface area contributed by atoms with Crippen LogP contribution in [0.15, 0.2) is 48.7 Å². The third-order valence-corrected chi connectivity index (χ3v) is 4.46. The number of hydrogen-bond donors (Lipinski definition) is 2. The Balaban J connectivity index is 1.53. The first-order valence-corrected chi connectivity index (χ1v) is 8.34. The number of carbonyl (C=O) groups is 2. The molecule has 130 valence electrons. The van der Waals surface area contributed by atoms with Crippen LogP contribution in [0, 0.1) is 0 Å². The molecule has 6 heteroatoms. The van der Waals surface area contributed by atoms with Crippen molar-refractivity contribution in [1.82, 2.24) is 15.2 Å². The van der Waals surface area contributed by atoms with E-state index in [1.807, 2.05) is 30.3 Å². The van der Waals surface area contributed by atoms with Gasteiger partial charge in [0.1, 0.15) is 0 Å². The normalized spacial score (nSPS) is 17.4. The van der Waals surface area contributed by atoms with E-state index in [1.54, 1.807) is 18.3 Å². The van der Waals surface area contributed by atoms with Gasteiger partial charge in [-0.3, -0.25) is 14.7 Å². The highest BCUT2D eigenvalue weighted by Crippen LogP contribution is 2.29. The van der Waals surface area contributed by atoms with E-state index in [0.717, 1.165) is 24.2 Å². The zero-order valence-electron chi connectivity index (χ0n) is 13.9. The summed E-state index contributed by atoms with van der Waals surface area (Å²) >= 11 is 0. The number of amides is 1. The summed E-state index contributed by atoms with van der Waals surface area (Å²) in [6.45, 7) is 2.22. The molecule has 1 atom stereocenters. The first-order valence-electron chi connectivity index (χ1n) is 8.34. The maximum absolute atomic E-state index is 12.1. The molecule has 1 aliphatic rings. The first kappa shape index (κ1) is 17.1. The summed E-state index contributed by atoms with van der Waals surface area (Å²) in [6, 6.07) is 12.7. The van der Waals surface area contributed by atoms with E-state index in [1.165, 1.54) is 0 Å². The average molecular weight is 339 g/mol. The molecule has 0 saturated carbocycles. The standard InChI is InChI=1S/C19H21N3O3/c23-18(21-11-15-5-3-4-9-20-15)13-22-10-8-14(12-22)16-6-1-2-7-17(16)19(24)25/h1-7,9,14H,8,10-13H2,(H,21,23)(H,24,25)/t14-/m0/s1. The predicted octanol–water partition coefficient (Wildman–Crippen LogP) is 1.89. The number of nitrogens with zero attached hydrogens (tertiary/aromatic N) is 2. The fourth-order valence-corrected chi connectivity index (χ4v) is 3.23. The molecule has 1 saturated heterocycles. The van der Waals surface area contributed by atoms with Crippen molar-refractivity contribution < 1.29 is 14.7 Å². The third kappa shape index (κ3) is 4.42. The van der Waals surface area contributed by atoms with E-state index in [0.29, 0.717) is 25.2 Å². The Bertz CT molecular complexity index is 749. The van der Waals surface area contributed by atoms with Crippen molar-refractivity contribution in [1.29, 1.82) is 0 Å². The summed E-state index contributed by atoms with van der Waals surface area (Å²) in [5.74, 6) is -0.795. The number of nitrogens with one attached hydrogen (secondary N) is 1. The molecule has 0 bridgehead atoms. The van der Waals surface area contributed by atoms with Gasteiger partial charge < -0.3 is 10.4 Å². The maximum atomic E-state index is 12.1. The zero-order valence-corrected chi connectivity index (χ0v) is 13.9. The van der Waals surface area contributed by atoms with E-state index >= 15 is 0 Å². The van der Waals surface area contributed by atoms with E-state index < -0.39 is 5.97 Å². The molecule has 1 fully saturated rings. The lowest BCUT2D eigenvalue weighted by molar-refractivity contribution is -0.122. The second-order valence-electron chi connectivity index (χ2n) is 6.21. The van der Waals surface area contributed by atoms with Crippen LogP contribution in [0.2, 0.25) is 0 Å². The summed E-state index contributed by atoms with van der Waals surface area (Å²) in [4.78, 5) is 29.7. The van der Waals surface area contributed by atoms with E-state index in [4.69, 9.17) is 0 Å². The summed E-state index contributed by atoms with van der Waals surface area (Å²) in [5.41, 5.74) is 2.03. The number of carbonyl (C=O) groups excluding carboxylic acids is 1. The molecule has 0 radical (unpaired) electrons. The number of carboxylic acid groups (broad SMARTS) is 1. The van der Waals surface area contributed by atoms with E-state index in [2.05, 4.69) is 15.2 Å². The quantitative estimate of drug-likeness (QED) is 0.840. The van der Waals surface area contributed by atoms with Crippen molar-refractivity contribution in [2.45, 2.75) is 18.9 Å². The highest BCUT2D eigenvalue weighted by molar-refractivity contribution is 5.89. The lowest BCUT2D eigenvalue weighted by Gasteiger charge is -2.17. The number of aromatic carboxylic acids is 1. The summed E-state index contributed by atoms with van der Waals surface area (Å²) in [7, 11) is 0. The molecule has 25 heavy (non-hydrogen) atoms. The van der Waals surface area contributed by atoms with Crippen molar-refractivity contribution in [3.05, 3.63) is 65.5 Å². The largest absolute Gasteiger partial charge is 0.478 e. The predicted molar refractivity (Wildman–Crippen MR) is 93.3 cm³/mol. The van der Waals surface area contributed by atoms with Gasteiger partial charge in [0.15, 0.2) is 0 Å². The smallest absolute Gasteiger partial charge is 0.335 e. The van der Waals surface area contributed by atoms with Gasteiger partial charge >= 0.3 is 5.97 Å². The van der Waals surface area contributed by atoms with Crippen molar-refractivity contribution in [3.8, 4) is 0 Å². The van der Waals surface area contributed by atoms with E-state index in [9.17, 15) is 14.7 Å². The molecule has 0 spiro atoms. The van der Waals surface area contributed by atoms with Gasteiger partial charge in [0.05, 0.1) is 24.3 Å². The van der Waals surface area contributed by atoms with Crippen LogP contribution in [0.1, 0.15) is 34.0 Å². The number of benzene rings is 1. The SMILES string of the molecule is O=C(CN1CC[C@H](c2ccccc2C(=O)O)C1)NCc1ccccn1. The van der Waals surface area contributed by atoms with Crippen LogP contribution >= 0.6 is 0 Å². The molecule has 2 N–H and O–H groups in total. The van der Waals surface area contributed by atoms with Crippen LogP contribution in [0.4, 0.5) is 0 Å². The molecule has 0 aliphatic carbocycles. The monoisotopic (exact) mass is 339 g/mol. The molecule has 1 aromatic heterocycles. The Kier molecular flexibility index (Phi) is 5.40. The van der Waals surface area contributed by atoms with Gasteiger partial charge in [-0.1, -0.05) is 24.3 Å². The Morgan fingerprint density at radius 1 is 1.20 bits per heavy atom. The molecule has 2 aromatic rings. The first-order chi connectivity index (χ1) is 12.1. The molecule has 0 unspecified atom stereocenters. The molecular weight excluding hydrogens is 318 g/mol. The highest BCUT2D eigenvalue weighted by Gasteiger charge is 2.27. The number of likely N-dealkylation sites (tertiary alicyclic amines) is 1. The molecule has 6 nitrogen and oxygen atoms in total. The molecule has 1 aromatic carbocycles. The lowest BCUT2D eigenvalue weighted by Crippen LogP contribution is -2.35. The second kappa shape index (κ2) is 7.90. The van der Waals surface area contributed by atoms with Crippen molar-refractivity contribution in [2.24, 2.45) is 0 Å². The van der Waals surface area contributed by atoms with Crippen LogP contribution in [-0.4, -0.2) is 46.5 Å². The van der Waals surface area contributed by atoms with Gasteiger partial charge in [-0.2, -0.15) is 0 Å². The van der Waals surface area contributed by atoms with Crippen LogP contribution in [-0.2, 0) is 11.3 Å². The topological polar surface area (TPSA) is 82.5 Å². The number of rotatable bonds is 6. The molecule has 2 heterocycles. The minimum absolute atomic E-state index is 0.0437. The Hall–Kier alpha value is -2.73. The minimum Gasteiger partial charge on any atom is -0.478 e. The second-order valence-corrected chi connectivity index (χ2v) is 6.21. The van der Waals surface area contributed by atoms with Crippen molar-refractivity contribution in [3.63, 3.8) is 0 Å². The summed E-state index contributed by atoms with van der Waals surface area (Å²) < 4.78 is 0. The van der Waals surface area contributed by atoms with Gasteiger partial charge in [-0.15, -0.1) is 0 Å². The van der Waals surface area contributed by atoms with Gasteiger partial charge in [0.2, 0.25) is 5.91 Å². The summed E-state index contributed by atoms with van der Waals surface area (Å²) in [5, 5.41) is 12.2. The maximum Gasteiger partial charge on any atom is 0.335 e. The molecule has 1 aliphatic heterocycles. The Morgan fingerprint density at radius 3 is 2.76 bits per heavy atom. The number of carboxylic acids is 1. The number of pyridine rings is 1. The third-order valence-electron chi connectivity index (χ3n) is 4.46. The highest BCUT2D eigenvalue weighted by atomic mass is 16.4. The Morgan fingerprint density at radius 2 is 2.00 bits per heavy atom. The zero-order chi connectivity index (χ0) is 17.6. The van der Waals surface area contributed by atoms with Crippen LogP contribution in [0.5, 0.6) is 0 Å². The number of hydrogen-bond acceptors (Lipinski definition) is 4. The Labute approximate surface area is 146 Å².